The summed E-state index contributed by atoms with van der Waals surface area (Å²) in [6, 6.07) is 0.453. The zero-order valence-corrected chi connectivity index (χ0v) is 13.6. The van der Waals surface area contributed by atoms with Crippen molar-refractivity contribution in [3.05, 3.63) is 17.0 Å². The summed E-state index contributed by atoms with van der Waals surface area (Å²) in [6.07, 6.45) is 0.874. The normalized spacial score (nSPS) is 23.0. The third-order valence-corrected chi connectivity index (χ3v) is 4.32. The highest BCUT2D eigenvalue weighted by molar-refractivity contribution is 5.94. The van der Waals surface area contributed by atoms with E-state index in [-0.39, 0.29) is 18.1 Å². The molecule has 0 unspecified atom stereocenters. The molecule has 0 aromatic carbocycles. The fraction of sp³-hybridized carbons (Fsp3) is 0.733. The second-order valence-electron chi connectivity index (χ2n) is 5.93. The summed E-state index contributed by atoms with van der Waals surface area (Å²) >= 11 is 0. The molecule has 2 rings (SSSR count). The van der Waals surface area contributed by atoms with Crippen molar-refractivity contribution in [1.82, 2.24) is 20.4 Å². The number of nitrogens with zero attached hydrogens (tertiary/aromatic N) is 2. The van der Waals surface area contributed by atoms with Crippen LogP contribution in [0.4, 0.5) is 0 Å². The number of methoxy groups -OCH3 is 1. The fourth-order valence-corrected chi connectivity index (χ4v) is 2.84. The summed E-state index contributed by atoms with van der Waals surface area (Å²) in [4.78, 5) is 14.7. The molecule has 0 bridgehead atoms. The molecule has 6 nitrogen and oxygen atoms in total. The minimum atomic E-state index is -0.124. The minimum Gasteiger partial charge on any atom is -0.378 e. The SMILES string of the molecule is CCc1[nH]nc(C(=O)N[C@H]2CN(C(C)C)C[C@@H]2OC)c1C. The van der Waals surface area contributed by atoms with Crippen molar-refractivity contribution in [3.8, 4) is 0 Å². The number of hydrogen-bond acceptors (Lipinski definition) is 4. The predicted octanol–water partition coefficient (Wildman–Crippen LogP) is 1.12. The molecule has 0 saturated carbocycles. The monoisotopic (exact) mass is 294 g/mol. The molecule has 6 heteroatoms. The van der Waals surface area contributed by atoms with Crippen LogP contribution in [-0.2, 0) is 11.2 Å². The molecule has 2 N–H and O–H groups in total. The Morgan fingerprint density at radius 2 is 2.24 bits per heavy atom. The van der Waals surface area contributed by atoms with Gasteiger partial charge in [0.2, 0.25) is 0 Å². The van der Waals surface area contributed by atoms with Crippen LogP contribution in [0.5, 0.6) is 0 Å². The molecular formula is C15H26N4O2. The van der Waals surface area contributed by atoms with E-state index >= 15 is 0 Å². The molecule has 21 heavy (non-hydrogen) atoms. The first kappa shape index (κ1) is 16.0. The molecule has 0 aliphatic carbocycles. The van der Waals surface area contributed by atoms with Gasteiger partial charge in [0.25, 0.3) is 5.91 Å². The third-order valence-electron chi connectivity index (χ3n) is 4.32. The molecule has 1 amide bonds. The quantitative estimate of drug-likeness (QED) is 0.854. The fourth-order valence-electron chi connectivity index (χ4n) is 2.84. The van der Waals surface area contributed by atoms with Gasteiger partial charge in [-0.2, -0.15) is 5.10 Å². The second-order valence-corrected chi connectivity index (χ2v) is 5.93. The average Bonchev–Trinajstić information content (AvgIpc) is 3.02. The van der Waals surface area contributed by atoms with E-state index in [1.54, 1.807) is 7.11 Å². The van der Waals surface area contributed by atoms with E-state index in [1.807, 2.05) is 13.8 Å². The van der Waals surface area contributed by atoms with Crippen LogP contribution < -0.4 is 5.32 Å². The minimum absolute atomic E-state index is 0.00563. The van der Waals surface area contributed by atoms with Gasteiger partial charge in [-0.1, -0.05) is 6.92 Å². The standard InChI is InChI=1S/C15H26N4O2/c1-6-11-10(4)14(18-17-11)15(20)16-12-7-19(9(2)3)8-13(12)21-5/h9,12-13H,6-8H2,1-5H3,(H,16,20)(H,17,18)/t12-,13-/m0/s1. The molecule has 1 aliphatic heterocycles. The maximum absolute atomic E-state index is 12.4. The number of amides is 1. The van der Waals surface area contributed by atoms with Gasteiger partial charge in [0.15, 0.2) is 5.69 Å². The molecule has 0 spiro atoms. The van der Waals surface area contributed by atoms with Gasteiger partial charge >= 0.3 is 0 Å². The van der Waals surface area contributed by atoms with Gasteiger partial charge < -0.3 is 10.1 Å². The Hall–Kier alpha value is -1.40. The predicted molar refractivity (Wildman–Crippen MR) is 81.5 cm³/mol. The van der Waals surface area contributed by atoms with Crippen LogP contribution in [0.1, 0.15) is 42.5 Å². The lowest BCUT2D eigenvalue weighted by Gasteiger charge is -2.19. The van der Waals surface area contributed by atoms with Gasteiger partial charge in [-0.15, -0.1) is 0 Å². The average molecular weight is 294 g/mol. The smallest absolute Gasteiger partial charge is 0.272 e. The van der Waals surface area contributed by atoms with Crippen LogP contribution in [0.2, 0.25) is 0 Å². The molecular weight excluding hydrogens is 268 g/mol. The number of aryl methyl sites for hydroxylation is 1. The largest absolute Gasteiger partial charge is 0.378 e. The lowest BCUT2D eigenvalue weighted by atomic mass is 10.1. The third kappa shape index (κ3) is 3.27. The first-order chi connectivity index (χ1) is 9.97. The van der Waals surface area contributed by atoms with Crippen LogP contribution in [0.15, 0.2) is 0 Å². The van der Waals surface area contributed by atoms with Crippen LogP contribution in [0.25, 0.3) is 0 Å². The summed E-state index contributed by atoms with van der Waals surface area (Å²) in [5, 5.41) is 10.1. The van der Waals surface area contributed by atoms with E-state index in [4.69, 9.17) is 4.74 Å². The van der Waals surface area contributed by atoms with Gasteiger partial charge in [-0.05, 0) is 27.2 Å². The second kappa shape index (κ2) is 6.58. The zero-order valence-electron chi connectivity index (χ0n) is 13.6. The molecule has 1 saturated heterocycles. The zero-order chi connectivity index (χ0) is 15.6. The van der Waals surface area contributed by atoms with Crippen molar-refractivity contribution in [2.75, 3.05) is 20.2 Å². The Bertz CT molecular complexity index is 498. The Labute approximate surface area is 126 Å². The van der Waals surface area contributed by atoms with Crippen molar-refractivity contribution in [3.63, 3.8) is 0 Å². The lowest BCUT2D eigenvalue weighted by molar-refractivity contribution is 0.0750. The molecule has 0 radical (unpaired) electrons. The van der Waals surface area contributed by atoms with Gasteiger partial charge in [-0.25, -0.2) is 0 Å². The van der Waals surface area contributed by atoms with Crippen molar-refractivity contribution < 1.29 is 9.53 Å². The van der Waals surface area contributed by atoms with Crippen LogP contribution in [0, 0.1) is 6.92 Å². The maximum atomic E-state index is 12.4. The van der Waals surface area contributed by atoms with Crippen molar-refractivity contribution >= 4 is 5.91 Å². The molecule has 1 fully saturated rings. The molecule has 1 aliphatic rings. The van der Waals surface area contributed by atoms with E-state index < -0.39 is 0 Å². The number of ether oxygens (including phenoxy) is 1. The van der Waals surface area contributed by atoms with Crippen LogP contribution >= 0.6 is 0 Å². The lowest BCUT2D eigenvalue weighted by Crippen LogP contribution is -2.44. The highest BCUT2D eigenvalue weighted by atomic mass is 16.5. The van der Waals surface area contributed by atoms with Gasteiger partial charge in [0.05, 0.1) is 12.1 Å². The summed E-state index contributed by atoms with van der Waals surface area (Å²) in [6.45, 7) is 9.94. The van der Waals surface area contributed by atoms with E-state index in [0.29, 0.717) is 11.7 Å². The number of carbonyl (C=O) groups is 1. The van der Waals surface area contributed by atoms with Gasteiger partial charge in [-0.3, -0.25) is 14.8 Å². The Balaban J connectivity index is 2.06. The summed E-state index contributed by atoms with van der Waals surface area (Å²) in [5.74, 6) is -0.124. The Kier molecular flexibility index (Phi) is 5.00. The number of aromatic nitrogens is 2. The highest BCUT2D eigenvalue weighted by Gasteiger charge is 2.35. The number of hydrogen-bond donors (Lipinski definition) is 2. The number of aromatic amines is 1. The number of carbonyl (C=O) groups excluding carboxylic acids is 1. The van der Waals surface area contributed by atoms with Crippen molar-refractivity contribution in [1.29, 1.82) is 0 Å². The number of rotatable bonds is 5. The Morgan fingerprint density at radius 1 is 1.52 bits per heavy atom. The van der Waals surface area contributed by atoms with Crippen LogP contribution in [0.3, 0.4) is 0 Å². The van der Waals surface area contributed by atoms with E-state index in [1.165, 1.54) is 0 Å². The van der Waals surface area contributed by atoms with Crippen molar-refractivity contribution in [2.24, 2.45) is 0 Å². The first-order valence-corrected chi connectivity index (χ1v) is 7.59. The van der Waals surface area contributed by atoms with E-state index in [9.17, 15) is 4.79 Å². The summed E-state index contributed by atoms with van der Waals surface area (Å²) in [5.41, 5.74) is 2.44. The molecule has 2 atom stereocenters. The number of likely N-dealkylation sites (tertiary alicyclic amines) is 1. The molecule has 1 aromatic heterocycles. The molecule has 2 heterocycles. The van der Waals surface area contributed by atoms with Crippen molar-refractivity contribution in [2.45, 2.75) is 52.3 Å². The summed E-state index contributed by atoms with van der Waals surface area (Å²) in [7, 11) is 1.70. The number of nitrogens with one attached hydrogen (secondary N) is 2. The summed E-state index contributed by atoms with van der Waals surface area (Å²) < 4.78 is 5.51. The van der Waals surface area contributed by atoms with E-state index in [0.717, 1.165) is 30.8 Å². The van der Waals surface area contributed by atoms with E-state index in [2.05, 4.69) is 34.3 Å². The van der Waals surface area contributed by atoms with Gasteiger partial charge in [0, 0.05) is 37.5 Å². The molecule has 1 aromatic rings. The maximum Gasteiger partial charge on any atom is 0.272 e. The Morgan fingerprint density at radius 3 is 2.76 bits per heavy atom. The topological polar surface area (TPSA) is 70.2 Å². The molecule has 118 valence electrons. The van der Waals surface area contributed by atoms with Gasteiger partial charge in [0.1, 0.15) is 0 Å². The first-order valence-electron chi connectivity index (χ1n) is 7.59. The number of H-pyrrole nitrogens is 1. The highest BCUT2D eigenvalue weighted by Crippen LogP contribution is 2.17. The van der Waals surface area contributed by atoms with Crippen LogP contribution in [-0.4, -0.2) is 59.4 Å².